The van der Waals surface area contributed by atoms with Crippen LogP contribution in [0.2, 0.25) is 0 Å². The number of rotatable bonds is 7. The Morgan fingerprint density at radius 1 is 1.08 bits per heavy atom. The maximum absolute atomic E-state index is 12.5. The predicted octanol–water partition coefficient (Wildman–Crippen LogP) is 3.32. The van der Waals surface area contributed by atoms with Crippen LogP contribution in [-0.2, 0) is 10.0 Å². The Hall–Kier alpha value is -2.18. The zero-order chi connectivity index (χ0) is 18.7. The minimum atomic E-state index is -3.50. The topological polar surface area (TPSA) is 75.3 Å². The lowest BCUT2D eigenvalue weighted by Gasteiger charge is -2.18. The van der Waals surface area contributed by atoms with E-state index in [2.05, 4.69) is 10.0 Å². The van der Waals surface area contributed by atoms with Gasteiger partial charge in [0.1, 0.15) is 0 Å². The first-order valence-corrected chi connectivity index (χ1v) is 10.4. The van der Waals surface area contributed by atoms with Crippen molar-refractivity contribution in [2.24, 2.45) is 0 Å². The normalized spacial score (nSPS) is 15.5. The maximum Gasteiger partial charge on any atom is 0.251 e. The molecule has 1 amide bonds. The summed E-state index contributed by atoms with van der Waals surface area (Å²) in [5, 5.41) is 3.02. The summed E-state index contributed by atoms with van der Waals surface area (Å²) in [7, 11) is -3.50. The van der Waals surface area contributed by atoms with E-state index in [1.807, 2.05) is 38.1 Å². The molecule has 0 saturated heterocycles. The van der Waals surface area contributed by atoms with Crippen molar-refractivity contribution in [1.82, 2.24) is 10.0 Å². The van der Waals surface area contributed by atoms with Crippen LogP contribution >= 0.6 is 0 Å². The monoisotopic (exact) mass is 372 g/mol. The average molecular weight is 372 g/mol. The molecule has 1 aliphatic rings. The Morgan fingerprint density at radius 2 is 1.69 bits per heavy atom. The number of carbonyl (C=O) groups is 1. The van der Waals surface area contributed by atoms with Gasteiger partial charge in [-0.3, -0.25) is 4.79 Å². The molecule has 1 aliphatic carbocycles. The van der Waals surface area contributed by atoms with Crippen LogP contribution in [0, 0.1) is 6.92 Å². The summed E-state index contributed by atoms with van der Waals surface area (Å²) >= 11 is 0. The van der Waals surface area contributed by atoms with E-state index in [9.17, 15) is 13.2 Å². The molecule has 6 heteroatoms. The summed E-state index contributed by atoms with van der Waals surface area (Å²) in [6.07, 6.45) is 2.54. The molecule has 0 aromatic heterocycles. The van der Waals surface area contributed by atoms with Crippen molar-refractivity contribution < 1.29 is 13.2 Å². The molecule has 0 bridgehead atoms. The Kier molecular flexibility index (Phi) is 5.44. The van der Waals surface area contributed by atoms with Crippen molar-refractivity contribution in [3.63, 3.8) is 0 Å². The average Bonchev–Trinajstić information content (AvgIpc) is 3.44. The molecule has 26 heavy (non-hydrogen) atoms. The third kappa shape index (κ3) is 4.51. The molecule has 0 spiro atoms. The third-order valence-electron chi connectivity index (χ3n) is 4.52. The molecule has 0 heterocycles. The van der Waals surface area contributed by atoms with Gasteiger partial charge in [0.25, 0.3) is 5.91 Å². The largest absolute Gasteiger partial charge is 0.345 e. The highest BCUT2D eigenvalue weighted by molar-refractivity contribution is 7.89. The van der Waals surface area contributed by atoms with Gasteiger partial charge in [-0.1, -0.05) is 36.8 Å². The lowest BCUT2D eigenvalue weighted by molar-refractivity contribution is 0.0935. The molecule has 2 aromatic carbocycles. The first-order valence-electron chi connectivity index (χ1n) is 8.89. The lowest BCUT2D eigenvalue weighted by atomic mass is 10.0. The summed E-state index contributed by atoms with van der Waals surface area (Å²) in [6.45, 7) is 4.04. The molecule has 1 saturated carbocycles. The van der Waals surface area contributed by atoms with Crippen LogP contribution in [-0.4, -0.2) is 20.4 Å². The van der Waals surface area contributed by atoms with E-state index in [4.69, 9.17) is 0 Å². The molecular formula is C20H24N2O3S. The number of sulfonamides is 1. The second kappa shape index (κ2) is 7.60. The number of aryl methyl sites for hydroxylation is 1. The second-order valence-corrected chi connectivity index (χ2v) is 8.48. The molecule has 0 unspecified atom stereocenters. The molecule has 3 rings (SSSR count). The Morgan fingerprint density at radius 3 is 2.23 bits per heavy atom. The maximum atomic E-state index is 12.5. The smallest absolute Gasteiger partial charge is 0.251 e. The van der Waals surface area contributed by atoms with Crippen LogP contribution in [0.4, 0.5) is 0 Å². The SMILES string of the molecule is CC[C@@H](NC(=O)c1ccc(S(=O)(=O)NC2CC2)cc1)c1ccc(C)cc1. The first kappa shape index (κ1) is 18.6. The molecule has 1 fully saturated rings. The summed E-state index contributed by atoms with van der Waals surface area (Å²) in [5.41, 5.74) is 2.67. The summed E-state index contributed by atoms with van der Waals surface area (Å²) in [5.74, 6) is -0.212. The van der Waals surface area contributed by atoms with Crippen LogP contribution in [0.3, 0.4) is 0 Å². The molecule has 0 aliphatic heterocycles. The van der Waals surface area contributed by atoms with E-state index >= 15 is 0 Å². The van der Waals surface area contributed by atoms with E-state index in [1.54, 1.807) is 12.1 Å². The van der Waals surface area contributed by atoms with Crippen LogP contribution in [0.1, 0.15) is 53.7 Å². The fourth-order valence-electron chi connectivity index (χ4n) is 2.74. The number of hydrogen-bond donors (Lipinski definition) is 2. The molecule has 0 radical (unpaired) electrons. The molecule has 2 aromatic rings. The summed E-state index contributed by atoms with van der Waals surface area (Å²) < 4.78 is 27.0. The van der Waals surface area contributed by atoms with Crippen molar-refractivity contribution in [1.29, 1.82) is 0 Å². The van der Waals surface area contributed by atoms with Crippen LogP contribution < -0.4 is 10.0 Å². The number of amides is 1. The minimum Gasteiger partial charge on any atom is -0.345 e. The van der Waals surface area contributed by atoms with Gasteiger partial charge < -0.3 is 5.32 Å². The van der Waals surface area contributed by atoms with Crippen molar-refractivity contribution in [2.45, 2.75) is 50.1 Å². The van der Waals surface area contributed by atoms with Crippen LogP contribution in [0.15, 0.2) is 53.4 Å². The number of carbonyl (C=O) groups excluding carboxylic acids is 1. The highest BCUT2D eigenvalue weighted by Crippen LogP contribution is 2.22. The van der Waals surface area contributed by atoms with Gasteiger partial charge >= 0.3 is 0 Å². The summed E-state index contributed by atoms with van der Waals surface area (Å²) in [6, 6.07) is 14.1. The zero-order valence-electron chi connectivity index (χ0n) is 15.0. The van der Waals surface area contributed by atoms with Crippen LogP contribution in [0.5, 0.6) is 0 Å². The molecule has 5 nitrogen and oxygen atoms in total. The van der Waals surface area contributed by atoms with E-state index in [1.165, 1.54) is 17.7 Å². The van der Waals surface area contributed by atoms with Gasteiger partial charge in [-0.2, -0.15) is 0 Å². The van der Waals surface area contributed by atoms with Crippen molar-refractivity contribution in [3.8, 4) is 0 Å². The highest BCUT2D eigenvalue weighted by atomic mass is 32.2. The van der Waals surface area contributed by atoms with Gasteiger partial charge in [-0.05, 0) is 56.0 Å². The molecule has 138 valence electrons. The summed E-state index contributed by atoms with van der Waals surface area (Å²) in [4.78, 5) is 12.7. The van der Waals surface area contributed by atoms with Gasteiger partial charge in [0.15, 0.2) is 0 Å². The molecule has 2 N–H and O–H groups in total. The number of benzene rings is 2. The number of hydrogen-bond acceptors (Lipinski definition) is 3. The lowest BCUT2D eigenvalue weighted by Crippen LogP contribution is -2.28. The van der Waals surface area contributed by atoms with Gasteiger partial charge in [-0.25, -0.2) is 13.1 Å². The molecular weight excluding hydrogens is 348 g/mol. The van der Waals surface area contributed by atoms with E-state index in [0.717, 1.165) is 24.8 Å². The predicted molar refractivity (Wildman–Crippen MR) is 101 cm³/mol. The van der Waals surface area contributed by atoms with Gasteiger partial charge in [0.05, 0.1) is 10.9 Å². The van der Waals surface area contributed by atoms with E-state index in [-0.39, 0.29) is 22.9 Å². The third-order valence-corrected chi connectivity index (χ3v) is 6.06. The van der Waals surface area contributed by atoms with E-state index in [0.29, 0.717) is 5.56 Å². The fourth-order valence-corrected chi connectivity index (χ4v) is 4.04. The van der Waals surface area contributed by atoms with Crippen molar-refractivity contribution in [2.75, 3.05) is 0 Å². The van der Waals surface area contributed by atoms with E-state index < -0.39 is 10.0 Å². The van der Waals surface area contributed by atoms with Crippen LogP contribution in [0.25, 0.3) is 0 Å². The van der Waals surface area contributed by atoms with Crippen molar-refractivity contribution >= 4 is 15.9 Å². The molecule has 1 atom stereocenters. The zero-order valence-corrected chi connectivity index (χ0v) is 15.8. The first-order chi connectivity index (χ1) is 12.4. The Balaban J connectivity index is 1.69. The Bertz CT molecular complexity index is 870. The fraction of sp³-hybridized carbons (Fsp3) is 0.350. The van der Waals surface area contributed by atoms with Gasteiger partial charge in [0.2, 0.25) is 10.0 Å². The van der Waals surface area contributed by atoms with Crippen molar-refractivity contribution in [3.05, 3.63) is 65.2 Å². The quantitative estimate of drug-likeness (QED) is 0.783. The van der Waals surface area contributed by atoms with Gasteiger partial charge in [0, 0.05) is 11.6 Å². The second-order valence-electron chi connectivity index (χ2n) is 6.76. The Labute approximate surface area is 154 Å². The minimum absolute atomic E-state index is 0.0581. The standard InChI is InChI=1S/C20H24N2O3S/c1-3-19(15-6-4-14(2)5-7-15)21-20(23)16-8-12-18(13-9-16)26(24,25)22-17-10-11-17/h4-9,12-13,17,19,22H,3,10-11H2,1-2H3,(H,21,23)/t19-/m1/s1. The number of nitrogens with one attached hydrogen (secondary N) is 2. The highest BCUT2D eigenvalue weighted by Gasteiger charge is 2.28. The van der Waals surface area contributed by atoms with Gasteiger partial charge in [-0.15, -0.1) is 0 Å².